The third-order valence-corrected chi connectivity index (χ3v) is 3.41. The molecule has 0 heterocycles. The van der Waals surface area contributed by atoms with Crippen LogP contribution in [0.15, 0.2) is 24.3 Å². The number of nitrogens with one attached hydrogen (secondary N) is 1. The number of hydrogen-bond acceptors (Lipinski definition) is 2. The lowest BCUT2D eigenvalue weighted by atomic mass is 10.1. The van der Waals surface area contributed by atoms with Crippen LogP contribution in [0.5, 0.6) is 0 Å². The molecule has 0 saturated heterocycles. The molecule has 0 radical (unpaired) electrons. The van der Waals surface area contributed by atoms with Crippen molar-refractivity contribution in [3.63, 3.8) is 0 Å². The van der Waals surface area contributed by atoms with Gasteiger partial charge < -0.3 is 10.1 Å². The quantitative estimate of drug-likeness (QED) is 0.731. The summed E-state index contributed by atoms with van der Waals surface area (Å²) in [5.74, 6) is 0. The van der Waals surface area contributed by atoms with E-state index in [0.29, 0.717) is 6.04 Å². The molecule has 94 valence electrons. The van der Waals surface area contributed by atoms with E-state index in [1.165, 1.54) is 36.8 Å². The zero-order valence-electron chi connectivity index (χ0n) is 10.7. The van der Waals surface area contributed by atoms with E-state index in [4.69, 9.17) is 4.74 Å². The van der Waals surface area contributed by atoms with E-state index >= 15 is 0 Å². The number of fused-ring (bicyclic) bond motifs is 1. The number of ether oxygens (including phenoxy) is 1. The fourth-order valence-corrected chi connectivity index (χ4v) is 2.42. The first-order valence-electron chi connectivity index (χ1n) is 6.80. The minimum absolute atomic E-state index is 0.543. The summed E-state index contributed by atoms with van der Waals surface area (Å²) >= 11 is 0. The first kappa shape index (κ1) is 12.6. The van der Waals surface area contributed by atoms with E-state index in [9.17, 15) is 0 Å². The summed E-state index contributed by atoms with van der Waals surface area (Å²) < 4.78 is 5.56. The SMILES string of the molecule is CCCCOCCNC1CCc2ccccc21. The summed E-state index contributed by atoms with van der Waals surface area (Å²) in [6.07, 6.45) is 4.83. The van der Waals surface area contributed by atoms with Crippen LogP contribution in [-0.4, -0.2) is 19.8 Å². The molecule has 0 amide bonds. The molecule has 0 fully saturated rings. The largest absolute Gasteiger partial charge is 0.380 e. The van der Waals surface area contributed by atoms with Gasteiger partial charge in [0.15, 0.2) is 0 Å². The van der Waals surface area contributed by atoms with Crippen molar-refractivity contribution < 1.29 is 4.74 Å². The second kappa shape index (κ2) is 6.77. The van der Waals surface area contributed by atoms with Gasteiger partial charge in [0.2, 0.25) is 0 Å². The first-order valence-corrected chi connectivity index (χ1v) is 6.80. The second-order valence-corrected chi connectivity index (χ2v) is 4.71. The van der Waals surface area contributed by atoms with Gasteiger partial charge in [0.1, 0.15) is 0 Å². The van der Waals surface area contributed by atoms with Gasteiger partial charge in [0.05, 0.1) is 6.61 Å². The smallest absolute Gasteiger partial charge is 0.0591 e. The van der Waals surface area contributed by atoms with Gasteiger partial charge in [-0.25, -0.2) is 0 Å². The number of hydrogen-bond donors (Lipinski definition) is 1. The predicted octanol–water partition coefficient (Wildman–Crippen LogP) is 3.08. The molecule has 1 aliphatic carbocycles. The van der Waals surface area contributed by atoms with Crippen molar-refractivity contribution in [2.24, 2.45) is 0 Å². The Kier molecular flexibility index (Phi) is 5.02. The van der Waals surface area contributed by atoms with Gasteiger partial charge in [0, 0.05) is 19.2 Å². The molecule has 0 saturated carbocycles. The van der Waals surface area contributed by atoms with Crippen molar-refractivity contribution in [1.82, 2.24) is 5.32 Å². The molecule has 1 aromatic rings. The van der Waals surface area contributed by atoms with Crippen LogP contribution in [0.1, 0.15) is 43.4 Å². The highest BCUT2D eigenvalue weighted by Gasteiger charge is 2.20. The van der Waals surface area contributed by atoms with Crippen LogP contribution >= 0.6 is 0 Å². The molecule has 1 aromatic carbocycles. The zero-order valence-corrected chi connectivity index (χ0v) is 10.7. The highest BCUT2D eigenvalue weighted by Crippen LogP contribution is 2.30. The molecular formula is C15H23NO. The Morgan fingerprint density at radius 3 is 3.06 bits per heavy atom. The maximum absolute atomic E-state index is 5.56. The Morgan fingerprint density at radius 2 is 2.18 bits per heavy atom. The molecule has 0 bridgehead atoms. The molecule has 17 heavy (non-hydrogen) atoms. The van der Waals surface area contributed by atoms with E-state index < -0.39 is 0 Å². The predicted molar refractivity (Wildman–Crippen MR) is 71.2 cm³/mol. The van der Waals surface area contributed by atoms with Gasteiger partial charge >= 0.3 is 0 Å². The fraction of sp³-hybridized carbons (Fsp3) is 0.600. The van der Waals surface area contributed by atoms with Crippen LogP contribution < -0.4 is 5.32 Å². The van der Waals surface area contributed by atoms with Gasteiger partial charge in [0.25, 0.3) is 0 Å². The lowest BCUT2D eigenvalue weighted by Crippen LogP contribution is -2.23. The van der Waals surface area contributed by atoms with E-state index in [0.717, 1.165) is 19.8 Å². The van der Waals surface area contributed by atoms with Crippen LogP contribution in [0, 0.1) is 0 Å². The maximum Gasteiger partial charge on any atom is 0.0591 e. The topological polar surface area (TPSA) is 21.3 Å². The third-order valence-electron chi connectivity index (χ3n) is 3.41. The van der Waals surface area contributed by atoms with E-state index in [-0.39, 0.29) is 0 Å². The monoisotopic (exact) mass is 233 g/mol. The Hall–Kier alpha value is -0.860. The van der Waals surface area contributed by atoms with E-state index in [2.05, 4.69) is 36.5 Å². The van der Waals surface area contributed by atoms with Crippen molar-refractivity contribution in [1.29, 1.82) is 0 Å². The van der Waals surface area contributed by atoms with Crippen molar-refractivity contribution in [3.05, 3.63) is 35.4 Å². The molecule has 2 heteroatoms. The molecule has 1 atom stereocenters. The molecule has 0 spiro atoms. The van der Waals surface area contributed by atoms with Gasteiger partial charge in [-0.05, 0) is 30.4 Å². The fourth-order valence-electron chi connectivity index (χ4n) is 2.42. The van der Waals surface area contributed by atoms with Gasteiger partial charge in [-0.1, -0.05) is 37.6 Å². The number of aryl methyl sites for hydroxylation is 1. The Morgan fingerprint density at radius 1 is 1.29 bits per heavy atom. The van der Waals surface area contributed by atoms with Crippen molar-refractivity contribution >= 4 is 0 Å². The lowest BCUT2D eigenvalue weighted by molar-refractivity contribution is 0.131. The standard InChI is InChI=1S/C15H23NO/c1-2-3-11-17-12-10-16-15-9-8-13-6-4-5-7-14(13)15/h4-7,15-16H,2-3,8-12H2,1H3. The van der Waals surface area contributed by atoms with Gasteiger partial charge in [-0.2, -0.15) is 0 Å². The summed E-state index contributed by atoms with van der Waals surface area (Å²) in [7, 11) is 0. The van der Waals surface area contributed by atoms with Crippen LogP contribution in [0.3, 0.4) is 0 Å². The zero-order chi connectivity index (χ0) is 11.9. The van der Waals surface area contributed by atoms with Crippen molar-refractivity contribution in [3.8, 4) is 0 Å². The Balaban J connectivity index is 1.68. The molecule has 2 rings (SSSR count). The minimum Gasteiger partial charge on any atom is -0.380 e. The normalized spacial score (nSPS) is 18.3. The van der Waals surface area contributed by atoms with Gasteiger partial charge in [-0.15, -0.1) is 0 Å². The molecule has 0 aromatic heterocycles. The van der Waals surface area contributed by atoms with Crippen LogP contribution in [0.4, 0.5) is 0 Å². The third kappa shape index (κ3) is 3.55. The summed E-state index contributed by atoms with van der Waals surface area (Å²) in [6, 6.07) is 9.30. The average molecular weight is 233 g/mol. The van der Waals surface area contributed by atoms with Gasteiger partial charge in [-0.3, -0.25) is 0 Å². The summed E-state index contributed by atoms with van der Waals surface area (Å²) in [5, 5.41) is 3.59. The van der Waals surface area contributed by atoms with E-state index in [1.807, 2.05) is 0 Å². The molecule has 1 aliphatic rings. The minimum atomic E-state index is 0.543. The van der Waals surface area contributed by atoms with Crippen molar-refractivity contribution in [2.45, 2.75) is 38.6 Å². The van der Waals surface area contributed by atoms with Crippen LogP contribution in [0.25, 0.3) is 0 Å². The highest BCUT2D eigenvalue weighted by atomic mass is 16.5. The van der Waals surface area contributed by atoms with Crippen LogP contribution in [0.2, 0.25) is 0 Å². The second-order valence-electron chi connectivity index (χ2n) is 4.71. The maximum atomic E-state index is 5.56. The molecule has 1 N–H and O–H groups in total. The first-order chi connectivity index (χ1) is 8.42. The average Bonchev–Trinajstić information content (AvgIpc) is 2.77. The molecular weight excluding hydrogens is 210 g/mol. The number of unbranched alkanes of at least 4 members (excludes halogenated alkanes) is 1. The van der Waals surface area contributed by atoms with Crippen LogP contribution in [-0.2, 0) is 11.2 Å². The Labute approximate surface area is 104 Å². The number of benzene rings is 1. The Bertz CT molecular complexity index is 337. The molecule has 1 unspecified atom stereocenters. The molecule has 0 aliphatic heterocycles. The number of rotatable bonds is 7. The van der Waals surface area contributed by atoms with Crippen molar-refractivity contribution in [2.75, 3.05) is 19.8 Å². The summed E-state index contributed by atoms with van der Waals surface area (Å²) in [6.45, 7) is 4.89. The molecule has 2 nitrogen and oxygen atoms in total. The summed E-state index contributed by atoms with van der Waals surface area (Å²) in [5.41, 5.74) is 3.00. The van der Waals surface area contributed by atoms with E-state index in [1.54, 1.807) is 0 Å². The summed E-state index contributed by atoms with van der Waals surface area (Å²) in [4.78, 5) is 0. The highest BCUT2D eigenvalue weighted by molar-refractivity contribution is 5.34. The lowest BCUT2D eigenvalue weighted by Gasteiger charge is -2.14.